The van der Waals surface area contributed by atoms with Gasteiger partial charge in [0.1, 0.15) is 9.88 Å². The van der Waals surface area contributed by atoms with Crippen molar-refractivity contribution in [1.29, 1.82) is 0 Å². The third kappa shape index (κ3) is 5.47. The number of carbonyl (C=O) groups is 3. The molecule has 11 nitrogen and oxygen atoms in total. The Balaban J connectivity index is 1.48. The van der Waals surface area contributed by atoms with Gasteiger partial charge in [0, 0.05) is 17.4 Å². The van der Waals surface area contributed by atoms with Gasteiger partial charge in [0.25, 0.3) is 5.91 Å². The fourth-order valence-electron chi connectivity index (χ4n) is 3.40. The third-order valence-electron chi connectivity index (χ3n) is 5.09. The zero-order chi connectivity index (χ0) is 25.8. The van der Waals surface area contributed by atoms with Crippen molar-refractivity contribution < 1.29 is 38.3 Å². The van der Waals surface area contributed by atoms with Gasteiger partial charge in [0.15, 0.2) is 18.1 Å². The van der Waals surface area contributed by atoms with Gasteiger partial charge in [-0.05, 0) is 43.2 Å². The van der Waals surface area contributed by atoms with Gasteiger partial charge in [0.05, 0.1) is 17.1 Å². The lowest BCUT2D eigenvalue weighted by atomic mass is 10.1. The van der Waals surface area contributed by atoms with Crippen molar-refractivity contribution in [1.82, 2.24) is 0 Å². The van der Waals surface area contributed by atoms with Crippen LogP contribution in [-0.2, 0) is 20.7 Å². The predicted octanol–water partition coefficient (Wildman–Crippen LogP) is 4.32. The van der Waals surface area contributed by atoms with Crippen molar-refractivity contribution in [2.24, 2.45) is 0 Å². The molecule has 4 rings (SSSR count). The average Bonchev–Trinajstić information content (AvgIpc) is 3.57. The van der Waals surface area contributed by atoms with Crippen molar-refractivity contribution in [3.05, 3.63) is 66.9 Å². The maximum absolute atomic E-state index is 12.7. The molecule has 188 valence electrons. The maximum atomic E-state index is 12.7. The molecule has 0 unspecified atom stereocenters. The number of carbonyl (C=O) groups excluding carboxylic acids is 3. The molecule has 0 saturated heterocycles. The number of ether oxygens (including phenoxy) is 4. The Bertz CT molecular complexity index is 1350. The van der Waals surface area contributed by atoms with Crippen LogP contribution < -0.4 is 14.8 Å². The normalized spacial score (nSPS) is 11.7. The van der Waals surface area contributed by atoms with Crippen LogP contribution in [-0.4, -0.2) is 42.8 Å². The van der Waals surface area contributed by atoms with Crippen molar-refractivity contribution >= 4 is 50.5 Å². The smallest absolute Gasteiger partial charge is 0.349 e. The van der Waals surface area contributed by atoms with Gasteiger partial charge in [-0.3, -0.25) is 14.9 Å². The lowest BCUT2D eigenvalue weighted by molar-refractivity contribution is -0.380. The van der Waals surface area contributed by atoms with Crippen molar-refractivity contribution in [2.75, 3.05) is 25.3 Å². The number of benzene rings is 1. The van der Waals surface area contributed by atoms with E-state index in [1.807, 2.05) is 18.2 Å². The summed E-state index contributed by atoms with van der Waals surface area (Å²) >= 11 is 1.86. The van der Waals surface area contributed by atoms with E-state index in [1.165, 1.54) is 23.5 Å². The molecule has 0 bridgehead atoms. The predicted molar refractivity (Wildman–Crippen MR) is 130 cm³/mol. The van der Waals surface area contributed by atoms with Crippen molar-refractivity contribution in [2.45, 2.75) is 20.3 Å². The molecular formula is C23H20N2O9S2. The van der Waals surface area contributed by atoms with Crippen LogP contribution in [0, 0.1) is 17.0 Å². The van der Waals surface area contributed by atoms with Crippen LogP contribution in [0.3, 0.4) is 0 Å². The minimum Gasteiger partial charge on any atom is -0.462 e. The van der Waals surface area contributed by atoms with Crippen LogP contribution in [0.25, 0.3) is 0 Å². The monoisotopic (exact) mass is 532 g/mol. The molecule has 0 atom stereocenters. The van der Waals surface area contributed by atoms with Crippen molar-refractivity contribution in [3.63, 3.8) is 0 Å². The molecule has 1 N–H and O–H groups in total. The lowest BCUT2D eigenvalue weighted by Crippen LogP contribution is -2.21. The van der Waals surface area contributed by atoms with Crippen LogP contribution in [0.5, 0.6) is 11.5 Å². The molecule has 0 fully saturated rings. The molecule has 13 heteroatoms. The summed E-state index contributed by atoms with van der Waals surface area (Å²) in [6.07, 6.45) is 0.474. The molecule has 3 heterocycles. The van der Waals surface area contributed by atoms with E-state index in [9.17, 15) is 24.5 Å². The summed E-state index contributed by atoms with van der Waals surface area (Å²) in [5, 5.41) is 13.5. The number of anilines is 1. The minimum absolute atomic E-state index is 0.000284. The third-order valence-corrected chi connectivity index (χ3v) is 7.31. The van der Waals surface area contributed by atoms with Crippen molar-refractivity contribution in [3.8, 4) is 11.5 Å². The zero-order valence-electron chi connectivity index (χ0n) is 19.2. The number of hydrogen-bond donors (Lipinski definition) is 1. The summed E-state index contributed by atoms with van der Waals surface area (Å²) in [7, 11) is 0. The van der Waals surface area contributed by atoms with Crippen LogP contribution in [0.2, 0.25) is 0 Å². The van der Waals surface area contributed by atoms with E-state index in [2.05, 4.69) is 5.32 Å². The number of thiophene rings is 2. The van der Waals surface area contributed by atoms with E-state index in [-0.39, 0.29) is 33.8 Å². The van der Waals surface area contributed by atoms with Gasteiger partial charge >= 0.3 is 16.9 Å². The van der Waals surface area contributed by atoms with E-state index in [0.717, 1.165) is 10.4 Å². The minimum atomic E-state index is -0.861. The van der Waals surface area contributed by atoms with E-state index in [4.69, 9.17) is 18.9 Å². The highest BCUT2D eigenvalue weighted by atomic mass is 32.1. The first-order valence-corrected chi connectivity index (χ1v) is 12.3. The molecule has 36 heavy (non-hydrogen) atoms. The molecule has 1 aromatic carbocycles. The number of nitrogens with zero attached hydrogens (tertiary/aromatic N) is 1. The van der Waals surface area contributed by atoms with Gasteiger partial charge in [-0.25, -0.2) is 9.59 Å². The first-order valence-electron chi connectivity index (χ1n) is 10.7. The summed E-state index contributed by atoms with van der Waals surface area (Å²) in [5.41, 5.74) is 1.82. The second-order valence-corrected chi connectivity index (χ2v) is 9.63. The second kappa shape index (κ2) is 10.7. The Labute approximate surface area is 212 Å². The number of esters is 2. The Morgan fingerprint density at radius 2 is 1.86 bits per heavy atom. The number of nitrogens with one attached hydrogen (secondary N) is 1. The molecule has 0 spiro atoms. The van der Waals surface area contributed by atoms with E-state index in [0.29, 0.717) is 34.8 Å². The highest BCUT2D eigenvalue weighted by molar-refractivity contribution is 7.17. The van der Waals surface area contributed by atoms with E-state index in [1.54, 1.807) is 13.8 Å². The molecule has 3 aromatic rings. The molecule has 1 aliphatic rings. The summed E-state index contributed by atoms with van der Waals surface area (Å²) in [6, 6.07) is 8.00. The number of nitro groups is 1. The van der Waals surface area contributed by atoms with E-state index >= 15 is 0 Å². The van der Waals surface area contributed by atoms with Gasteiger partial charge in [-0.2, -0.15) is 0 Å². The molecule has 2 aromatic heterocycles. The van der Waals surface area contributed by atoms with Gasteiger partial charge in [-0.1, -0.05) is 17.4 Å². The largest absolute Gasteiger partial charge is 0.462 e. The van der Waals surface area contributed by atoms with Crippen LogP contribution in [0.1, 0.15) is 43.0 Å². The van der Waals surface area contributed by atoms with Gasteiger partial charge in [-0.15, -0.1) is 11.3 Å². The SMILES string of the molecule is CCOC(=O)c1c(NC(=O)COC(=O)c2ccc([N+](=O)[O-])s2)sc(Cc2ccc3c(c2)OCO3)c1C. The molecular weight excluding hydrogens is 512 g/mol. The molecule has 1 aliphatic heterocycles. The maximum Gasteiger partial charge on any atom is 0.349 e. The number of rotatable bonds is 9. The molecule has 0 aliphatic carbocycles. The topological polar surface area (TPSA) is 143 Å². The first-order chi connectivity index (χ1) is 17.3. The number of hydrogen-bond acceptors (Lipinski definition) is 11. The van der Waals surface area contributed by atoms with Crippen LogP contribution in [0.4, 0.5) is 10.0 Å². The lowest BCUT2D eigenvalue weighted by Gasteiger charge is -2.07. The van der Waals surface area contributed by atoms with Gasteiger partial charge < -0.3 is 24.3 Å². The Morgan fingerprint density at radius 3 is 2.58 bits per heavy atom. The van der Waals surface area contributed by atoms with Crippen LogP contribution >= 0.6 is 22.7 Å². The highest BCUT2D eigenvalue weighted by Crippen LogP contribution is 2.37. The van der Waals surface area contributed by atoms with Gasteiger partial charge in [0.2, 0.25) is 6.79 Å². The summed E-state index contributed by atoms with van der Waals surface area (Å²) in [5.74, 6) is -0.816. The average molecular weight is 533 g/mol. The molecule has 0 radical (unpaired) electrons. The summed E-state index contributed by atoms with van der Waals surface area (Å²) in [6.45, 7) is 3.13. The fraction of sp³-hybridized carbons (Fsp3) is 0.261. The highest BCUT2D eigenvalue weighted by Gasteiger charge is 2.25. The molecule has 0 saturated carbocycles. The van der Waals surface area contributed by atoms with E-state index < -0.39 is 29.4 Å². The summed E-state index contributed by atoms with van der Waals surface area (Å²) in [4.78, 5) is 48.3. The fourth-order valence-corrected chi connectivity index (χ4v) is 5.36. The number of amides is 1. The molecule has 1 amide bonds. The zero-order valence-corrected chi connectivity index (χ0v) is 20.8. The Morgan fingerprint density at radius 1 is 1.08 bits per heavy atom. The summed E-state index contributed by atoms with van der Waals surface area (Å²) < 4.78 is 20.9. The van der Waals surface area contributed by atoms with Crippen LogP contribution in [0.15, 0.2) is 30.3 Å². The quantitative estimate of drug-likeness (QED) is 0.242. The second-order valence-electron chi connectivity index (χ2n) is 7.46. The number of fused-ring (bicyclic) bond motifs is 1. The first kappa shape index (κ1) is 25.1. The Kier molecular flexibility index (Phi) is 7.50. The standard InChI is InChI=1S/C23H20N2O9S2/c1-3-31-23(28)20-12(2)17(9-13-4-5-14-15(8-13)34-11-33-14)36-21(20)24-18(26)10-32-22(27)16-6-7-19(35-16)25(29)30/h4-8H,3,9-11H2,1-2H3,(H,24,26). The Hall–Kier alpha value is -3.97.